The molecule has 2 aliphatic heterocycles. The average Bonchev–Trinajstić information content (AvgIpc) is 3.53. The molecule has 2 fully saturated rings. The summed E-state index contributed by atoms with van der Waals surface area (Å²) < 4.78 is 22.3. The Kier molecular flexibility index (Phi) is 4.20. The van der Waals surface area contributed by atoms with Crippen molar-refractivity contribution in [1.82, 2.24) is 0 Å². The Balaban J connectivity index is 1.44. The van der Waals surface area contributed by atoms with Gasteiger partial charge in [-0.25, -0.2) is 0 Å². The van der Waals surface area contributed by atoms with E-state index < -0.39 is 5.79 Å². The minimum absolute atomic E-state index is 0.107. The van der Waals surface area contributed by atoms with Gasteiger partial charge in [0.25, 0.3) is 0 Å². The summed E-state index contributed by atoms with van der Waals surface area (Å²) >= 11 is 0. The lowest BCUT2D eigenvalue weighted by molar-refractivity contribution is 0.0802. The van der Waals surface area contributed by atoms with Gasteiger partial charge >= 0.3 is 0 Å². The molecule has 26 heavy (non-hydrogen) atoms. The van der Waals surface area contributed by atoms with E-state index in [4.69, 9.17) is 18.9 Å². The van der Waals surface area contributed by atoms with Crippen molar-refractivity contribution >= 4 is 0 Å². The lowest BCUT2D eigenvalue weighted by Gasteiger charge is -2.26. The SMILES string of the molecule is CC1OC1(C)Oc1ccc(C(C)(C)c2ccc(OCC3CO3)cc2)cc1. The van der Waals surface area contributed by atoms with Crippen LogP contribution in [0.4, 0.5) is 0 Å². The van der Waals surface area contributed by atoms with Crippen LogP contribution in [0.3, 0.4) is 0 Å². The molecule has 0 radical (unpaired) electrons. The molecular weight excluding hydrogens is 328 g/mol. The van der Waals surface area contributed by atoms with Gasteiger partial charge in [0.05, 0.1) is 6.61 Å². The molecule has 138 valence electrons. The summed E-state index contributed by atoms with van der Waals surface area (Å²) in [6.45, 7) is 9.88. The second kappa shape index (κ2) is 6.29. The summed E-state index contributed by atoms with van der Waals surface area (Å²) in [5, 5.41) is 0. The molecule has 0 bridgehead atoms. The maximum absolute atomic E-state index is 5.92. The van der Waals surface area contributed by atoms with Gasteiger partial charge in [0.15, 0.2) is 0 Å². The zero-order valence-corrected chi connectivity index (χ0v) is 15.8. The van der Waals surface area contributed by atoms with E-state index in [-0.39, 0.29) is 17.6 Å². The Morgan fingerprint density at radius 1 is 1.00 bits per heavy atom. The fourth-order valence-corrected chi connectivity index (χ4v) is 3.09. The smallest absolute Gasteiger partial charge is 0.234 e. The molecule has 0 amide bonds. The van der Waals surface area contributed by atoms with Gasteiger partial charge in [0, 0.05) is 12.3 Å². The predicted octanol–water partition coefficient (Wildman–Crippen LogP) is 4.30. The third-order valence-electron chi connectivity index (χ3n) is 5.40. The van der Waals surface area contributed by atoms with Crippen LogP contribution in [0.25, 0.3) is 0 Å². The summed E-state index contributed by atoms with van der Waals surface area (Å²) in [6, 6.07) is 16.6. The van der Waals surface area contributed by atoms with Crippen molar-refractivity contribution < 1.29 is 18.9 Å². The molecule has 2 heterocycles. The summed E-state index contributed by atoms with van der Waals surface area (Å²) in [6.07, 6.45) is 0.420. The van der Waals surface area contributed by atoms with Gasteiger partial charge in [0.1, 0.15) is 30.3 Å². The lowest BCUT2D eigenvalue weighted by Crippen LogP contribution is -2.20. The molecule has 0 aromatic heterocycles. The van der Waals surface area contributed by atoms with Crippen molar-refractivity contribution in [1.29, 1.82) is 0 Å². The van der Waals surface area contributed by atoms with Crippen LogP contribution in [-0.4, -0.2) is 31.2 Å². The normalized spacial score (nSPS) is 27.1. The quantitative estimate of drug-likeness (QED) is 0.695. The molecule has 2 aromatic rings. The van der Waals surface area contributed by atoms with E-state index in [0.717, 1.165) is 18.1 Å². The fraction of sp³-hybridized carbons (Fsp3) is 0.455. The molecule has 0 spiro atoms. The molecule has 4 nitrogen and oxygen atoms in total. The van der Waals surface area contributed by atoms with Crippen molar-refractivity contribution in [3.8, 4) is 11.5 Å². The maximum Gasteiger partial charge on any atom is 0.234 e. The van der Waals surface area contributed by atoms with Crippen molar-refractivity contribution in [2.45, 2.75) is 51.1 Å². The molecule has 2 saturated heterocycles. The van der Waals surface area contributed by atoms with Crippen LogP contribution in [-0.2, 0) is 14.9 Å². The highest BCUT2D eigenvalue weighted by Gasteiger charge is 2.52. The highest BCUT2D eigenvalue weighted by atomic mass is 16.8. The topological polar surface area (TPSA) is 43.5 Å². The third kappa shape index (κ3) is 3.57. The Morgan fingerprint density at radius 3 is 1.96 bits per heavy atom. The zero-order chi connectivity index (χ0) is 18.4. The van der Waals surface area contributed by atoms with E-state index in [1.165, 1.54) is 11.1 Å². The highest BCUT2D eigenvalue weighted by Crippen LogP contribution is 2.39. The Hall–Kier alpha value is -2.04. The van der Waals surface area contributed by atoms with Crippen LogP contribution in [0.1, 0.15) is 38.8 Å². The molecule has 2 aromatic carbocycles. The first kappa shape index (κ1) is 17.4. The van der Waals surface area contributed by atoms with E-state index in [9.17, 15) is 0 Å². The molecule has 3 unspecified atom stereocenters. The van der Waals surface area contributed by atoms with Crippen molar-refractivity contribution in [3.05, 3.63) is 59.7 Å². The van der Waals surface area contributed by atoms with E-state index >= 15 is 0 Å². The van der Waals surface area contributed by atoms with Crippen LogP contribution in [0.15, 0.2) is 48.5 Å². The summed E-state index contributed by atoms with van der Waals surface area (Å²) in [5.41, 5.74) is 2.37. The fourth-order valence-electron chi connectivity index (χ4n) is 3.09. The van der Waals surface area contributed by atoms with E-state index in [2.05, 4.69) is 38.1 Å². The monoisotopic (exact) mass is 354 g/mol. The van der Waals surface area contributed by atoms with E-state index in [1.807, 2.05) is 38.1 Å². The highest BCUT2D eigenvalue weighted by molar-refractivity contribution is 5.42. The molecule has 3 atom stereocenters. The minimum atomic E-state index is -0.474. The second-order valence-electron chi connectivity index (χ2n) is 7.82. The first-order valence-corrected chi connectivity index (χ1v) is 9.19. The van der Waals surface area contributed by atoms with Crippen molar-refractivity contribution in [2.24, 2.45) is 0 Å². The van der Waals surface area contributed by atoms with Gasteiger partial charge < -0.3 is 18.9 Å². The number of ether oxygens (including phenoxy) is 4. The second-order valence-corrected chi connectivity index (χ2v) is 7.82. The van der Waals surface area contributed by atoms with Crippen molar-refractivity contribution in [2.75, 3.05) is 13.2 Å². The van der Waals surface area contributed by atoms with Crippen LogP contribution in [0.2, 0.25) is 0 Å². The largest absolute Gasteiger partial charge is 0.491 e. The molecule has 0 N–H and O–H groups in total. The molecule has 4 heteroatoms. The summed E-state index contributed by atoms with van der Waals surface area (Å²) in [5.74, 6) is 1.25. The minimum Gasteiger partial charge on any atom is -0.491 e. The van der Waals surface area contributed by atoms with Gasteiger partial charge in [-0.2, -0.15) is 0 Å². The number of rotatable bonds is 7. The molecule has 0 saturated carbocycles. The maximum atomic E-state index is 5.92. The van der Waals surface area contributed by atoms with Crippen LogP contribution >= 0.6 is 0 Å². The summed E-state index contributed by atoms with van der Waals surface area (Å²) in [7, 11) is 0. The van der Waals surface area contributed by atoms with Gasteiger partial charge in [0.2, 0.25) is 5.79 Å². The molecule has 2 aliphatic rings. The van der Waals surface area contributed by atoms with E-state index in [0.29, 0.717) is 6.61 Å². The van der Waals surface area contributed by atoms with Gasteiger partial charge in [-0.3, -0.25) is 0 Å². The predicted molar refractivity (Wildman–Crippen MR) is 99.8 cm³/mol. The Labute approximate surface area is 155 Å². The van der Waals surface area contributed by atoms with E-state index in [1.54, 1.807) is 0 Å². The molecule has 4 rings (SSSR count). The number of hydrogen-bond acceptors (Lipinski definition) is 4. The van der Waals surface area contributed by atoms with Crippen LogP contribution in [0.5, 0.6) is 11.5 Å². The number of epoxide rings is 2. The average molecular weight is 354 g/mol. The van der Waals surface area contributed by atoms with Crippen molar-refractivity contribution in [3.63, 3.8) is 0 Å². The van der Waals surface area contributed by atoms with Gasteiger partial charge in [-0.1, -0.05) is 38.1 Å². The Morgan fingerprint density at radius 2 is 1.50 bits per heavy atom. The first-order chi connectivity index (χ1) is 12.4. The summed E-state index contributed by atoms with van der Waals surface area (Å²) in [4.78, 5) is 0. The van der Waals surface area contributed by atoms with Gasteiger partial charge in [-0.15, -0.1) is 0 Å². The Bertz CT molecular complexity index is 762. The number of benzene rings is 2. The standard InChI is InChI=1S/C22H26O4/c1-15-22(4,25-15)26-19-11-7-17(8-12-19)21(2,3)16-5-9-18(10-6-16)23-13-20-14-24-20/h5-12,15,20H,13-14H2,1-4H3. The molecule has 0 aliphatic carbocycles. The number of hydrogen-bond donors (Lipinski definition) is 0. The molecular formula is C22H26O4. The van der Waals surface area contributed by atoms with Crippen LogP contribution in [0, 0.1) is 0 Å². The first-order valence-electron chi connectivity index (χ1n) is 9.19. The van der Waals surface area contributed by atoms with Gasteiger partial charge in [-0.05, 0) is 42.3 Å². The third-order valence-corrected chi connectivity index (χ3v) is 5.40. The zero-order valence-electron chi connectivity index (χ0n) is 15.8. The van der Waals surface area contributed by atoms with Crippen LogP contribution < -0.4 is 9.47 Å². The lowest BCUT2D eigenvalue weighted by atomic mass is 9.78.